The van der Waals surface area contributed by atoms with E-state index in [9.17, 15) is 4.79 Å². The van der Waals surface area contributed by atoms with E-state index in [4.69, 9.17) is 10.8 Å². The first-order chi connectivity index (χ1) is 15.1. The zero-order chi connectivity index (χ0) is 21.3. The minimum absolute atomic E-state index is 0.0243. The van der Waals surface area contributed by atoms with Crippen molar-refractivity contribution in [3.63, 3.8) is 0 Å². The molecule has 0 radical (unpaired) electrons. The lowest BCUT2D eigenvalue weighted by molar-refractivity contribution is -0.750. The number of aliphatic imine (C=N–C) groups is 2. The van der Waals surface area contributed by atoms with Crippen LogP contribution in [0, 0.1) is 0 Å². The first-order valence-corrected chi connectivity index (χ1v) is 10.3. The smallest absolute Gasteiger partial charge is 0.264 e. The van der Waals surface area contributed by atoms with Crippen molar-refractivity contribution in [1.29, 1.82) is 0 Å². The van der Waals surface area contributed by atoms with Crippen LogP contribution in [-0.2, 0) is 0 Å². The van der Waals surface area contributed by atoms with E-state index >= 15 is 0 Å². The third-order valence-electron chi connectivity index (χ3n) is 5.69. The highest BCUT2D eigenvalue weighted by molar-refractivity contribution is 6.05. The predicted molar refractivity (Wildman–Crippen MR) is 118 cm³/mol. The van der Waals surface area contributed by atoms with Gasteiger partial charge in [-0.1, -0.05) is 6.42 Å². The lowest BCUT2D eigenvalue weighted by atomic mass is 10.0. The Balaban J connectivity index is 1.42. The van der Waals surface area contributed by atoms with Gasteiger partial charge < -0.3 is 10.6 Å². The molecule has 3 aliphatic rings. The van der Waals surface area contributed by atoms with Crippen molar-refractivity contribution < 1.29 is 9.39 Å². The van der Waals surface area contributed by atoms with Gasteiger partial charge in [0.25, 0.3) is 11.7 Å². The summed E-state index contributed by atoms with van der Waals surface area (Å²) in [6.07, 6.45) is 11.6. The Hall–Kier alpha value is -3.53. The van der Waals surface area contributed by atoms with Crippen LogP contribution in [0.1, 0.15) is 35.2 Å². The molecule has 4 N–H and O–H groups in total. The first-order valence-electron chi connectivity index (χ1n) is 10.3. The van der Waals surface area contributed by atoms with E-state index in [0.29, 0.717) is 17.2 Å². The molecular weight excluding hydrogens is 392 g/mol. The summed E-state index contributed by atoms with van der Waals surface area (Å²) in [5, 5.41) is 6.31. The number of hydrogen-bond donors (Lipinski definition) is 3. The number of carbonyl (C=O) groups excluding carboxylic acids is 1. The van der Waals surface area contributed by atoms with Crippen molar-refractivity contribution in [3.05, 3.63) is 77.8 Å². The third kappa shape index (κ3) is 3.59. The van der Waals surface area contributed by atoms with Gasteiger partial charge in [0.15, 0.2) is 0 Å². The van der Waals surface area contributed by atoms with Crippen molar-refractivity contribution in [1.82, 2.24) is 15.3 Å². The molecule has 31 heavy (non-hydrogen) atoms. The molecule has 5 rings (SSSR count). The van der Waals surface area contributed by atoms with E-state index in [-0.39, 0.29) is 16.5 Å². The van der Waals surface area contributed by atoms with Crippen LogP contribution in [-0.4, -0.2) is 45.1 Å². The number of nitrogens with one attached hydrogen (secondary N) is 2. The lowest BCUT2D eigenvalue weighted by Gasteiger charge is -2.27. The monoisotopic (exact) mass is 415 g/mol. The molecular formula is C22H23N8O+. The van der Waals surface area contributed by atoms with Gasteiger partial charge in [-0.25, -0.2) is 9.97 Å². The highest BCUT2D eigenvalue weighted by atomic mass is 16.1. The fourth-order valence-electron chi connectivity index (χ4n) is 4.07. The summed E-state index contributed by atoms with van der Waals surface area (Å²) in [5.41, 5.74) is 3.19. The number of allylic oxidation sites excluding steroid dienone is 1. The highest BCUT2D eigenvalue weighted by Gasteiger charge is 2.45. The van der Waals surface area contributed by atoms with E-state index in [0.717, 1.165) is 36.3 Å². The number of quaternary nitrogens is 1. The molecule has 9 heteroatoms. The lowest BCUT2D eigenvalue weighted by Crippen LogP contribution is -2.53. The molecule has 0 bridgehead atoms. The second kappa shape index (κ2) is 7.95. The van der Waals surface area contributed by atoms with Crippen LogP contribution >= 0.6 is 0 Å². The average molecular weight is 415 g/mol. The molecule has 0 aliphatic carbocycles. The molecule has 0 spiro atoms. The van der Waals surface area contributed by atoms with Crippen molar-refractivity contribution in [3.8, 4) is 0 Å². The molecule has 1 aromatic heterocycles. The Bertz CT molecular complexity index is 1110. The molecule has 9 nitrogen and oxygen atoms in total. The zero-order valence-electron chi connectivity index (χ0n) is 16.9. The Kier molecular flexibility index (Phi) is 4.99. The number of nitrogens with two attached hydrogens (primary N) is 1. The number of nitrogens with zero attached hydrogens (tertiary/aromatic N) is 5. The summed E-state index contributed by atoms with van der Waals surface area (Å²) in [6, 6.07) is 9.07. The quantitative estimate of drug-likeness (QED) is 0.522. The largest absolute Gasteiger partial charge is 0.308 e. The number of fused-ring (bicyclic) bond motifs is 1. The second-order valence-electron chi connectivity index (χ2n) is 7.69. The van der Waals surface area contributed by atoms with Crippen LogP contribution in [0.5, 0.6) is 0 Å². The van der Waals surface area contributed by atoms with Crippen molar-refractivity contribution in [2.45, 2.75) is 25.3 Å². The van der Waals surface area contributed by atoms with Gasteiger partial charge in [-0.2, -0.15) is 10.8 Å². The third-order valence-corrected chi connectivity index (χ3v) is 5.69. The normalized spacial score (nSPS) is 24.7. The Labute approximate surface area is 179 Å². The fourth-order valence-corrected chi connectivity index (χ4v) is 4.07. The number of carbonyl (C=O) groups is 1. The fraction of sp³-hybridized carbons (Fsp3) is 0.227. The van der Waals surface area contributed by atoms with Crippen LogP contribution in [0.4, 0.5) is 5.82 Å². The Morgan fingerprint density at radius 3 is 2.81 bits per heavy atom. The van der Waals surface area contributed by atoms with Crippen LogP contribution in [0.25, 0.3) is 0 Å². The van der Waals surface area contributed by atoms with Gasteiger partial charge in [0.1, 0.15) is 24.0 Å². The standard InChI is InChI=1S/C22H22N8O/c23-30-12-11-24-13-18(30)20(17-3-1-2-9-26-17)29-21(30)15-4-6-16(7-5-15)22(31)28-19-8-10-25-14-27-19/h4-8,10-14,17,26H,1-3,9,23H2/p+1. The number of amidine groups is 1. The molecule has 2 unspecified atom stereocenters. The number of anilines is 1. The summed E-state index contributed by atoms with van der Waals surface area (Å²) < 4.78 is -0.0243. The van der Waals surface area contributed by atoms with Crippen molar-refractivity contribution >= 4 is 23.8 Å². The number of piperidine rings is 1. The molecule has 3 aliphatic heterocycles. The maximum atomic E-state index is 12.5. The topological polar surface area (TPSA) is 118 Å². The van der Waals surface area contributed by atoms with Crippen molar-refractivity contribution in [2.24, 2.45) is 15.8 Å². The number of amides is 1. The predicted octanol–water partition coefficient (Wildman–Crippen LogP) is 2.09. The van der Waals surface area contributed by atoms with Gasteiger partial charge >= 0.3 is 0 Å². The molecule has 0 saturated carbocycles. The summed E-state index contributed by atoms with van der Waals surface area (Å²) in [7, 11) is 0. The van der Waals surface area contributed by atoms with Crippen LogP contribution in [0.15, 0.2) is 76.6 Å². The number of hydrogen-bond acceptors (Lipinski definition) is 7. The SMILES string of the molecule is N[N+]12C=CN=CC1=C(C1CCCCN1)N=C2c1ccc(C(=O)Nc2ccncn2)cc1. The Morgan fingerprint density at radius 1 is 1.19 bits per heavy atom. The maximum absolute atomic E-state index is 12.5. The van der Waals surface area contributed by atoms with Gasteiger partial charge in [-0.3, -0.25) is 9.79 Å². The minimum Gasteiger partial charge on any atom is -0.308 e. The number of aromatic nitrogens is 2. The molecule has 156 valence electrons. The van der Waals surface area contributed by atoms with E-state index < -0.39 is 0 Å². The number of rotatable bonds is 4. The highest BCUT2D eigenvalue weighted by Crippen LogP contribution is 2.34. The second-order valence-corrected chi connectivity index (χ2v) is 7.69. The van der Waals surface area contributed by atoms with Gasteiger partial charge in [0, 0.05) is 11.8 Å². The van der Waals surface area contributed by atoms with Gasteiger partial charge in [0.05, 0.1) is 24.0 Å². The Morgan fingerprint density at radius 2 is 2.06 bits per heavy atom. The molecule has 1 amide bonds. The molecule has 4 heterocycles. The number of benzene rings is 1. The molecule has 1 aromatic carbocycles. The molecule has 2 aromatic rings. The van der Waals surface area contributed by atoms with E-state index in [1.165, 1.54) is 12.7 Å². The minimum atomic E-state index is -0.244. The zero-order valence-corrected chi connectivity index (χ0v) is 16.9. The van der Waals surface area contributed by atoms with Gasteiger partial charge in [-0.05, 0) is 49.7 Å². The summed E-state index contributed by atoms with van der Waals surface area (Å²) in [6.45, 7) is 0.972. The van der Waals surface area contributed by atoms with Crippen LogP contribution in [0.2, 0.25) is 0 Å². The van der Waals surface area contributed by atoms with Crippen molar-refractivity contribution in [2.75, 3.05) is 11.9 Å². The summed E-state index contributed by atoms with van der Waals surface area (Å²) in [5.74, 6) is 7.70. The average Bonchev–Trinajstić information content (AvgIpc) is 3.13. The molecule has 2 atom stereocenters. The van der Waals surface area contributed by atoms with Crippen LogP contribution < -0.4 is 16.5 Å². The van der Waals surface area contributed by atoms with Crippen LogP contribution in [0.3, 0.4) is 0 Å². The molecule has 1 fully saturated rings. The molecule has 1 saturated heterocycles. The summed E-state index contributed by atoms with van der Waals surface area (Å²) >= 11 is 0. The summed E-state index contributed by atoms with van der Waals surface area (Å²) in [4.78, 5) is 29.6. The van der Waals surface area contributed by atoms with Gasteiger partial charge in [0.2, 0.25) is 5.70 Å². The van der Waals surface area contributed by atoms with E-state index in [1.807, 2.05) is 18.3 Å². The first kappa shape index (κ1) is 19.4. The maximum Gasteiger partial charge on any atom is 0.264 e. The van der Waals surface area contributed by atoms with E-state index in [2.05, 4.69) is 25.6 Å². The van der Waals surface area contributed by atoms with Gasteiger partial charge in [-0.15, -0.1) is 4.59 Å². The van der Waals surface area contributed by atoms with E-state index in [1.54, 1.807) is 36.8 Å².